The topological polar surface area (TPSA) is 42.4 Å². The van der Waals surface area contributed by atoms with E-state index >= 15 is 0 Å². The van der Waals surface area contributed by atoms with Gasteiger partial charge < -0.3 is 9.64 Å². The summed E-state index contributed by atoms with van der Waals surface area (Å²) in [5.74, 6) is -0.0801. The fourth-order valence-electron chi connectivity index (χ4n) is 1.56. The molecule has 0 amide bonds. The molecule has 0 saturated carbocycles. The van der Waals surface area contributed by atoms with Crippen LogP contribution in [0.1, 0.15) is 0 Å². The zero-order valence-corrected chi connectivity index (χ0v) is 8.01. The number of methoxy groups -OCH3 is 1. The molecule has 74 valence electrons. The fraction of sp³-hybridized carbons (Fsp3) is 0.400. The van der Waals surface area contributed by atoms with Crippen molar-refractivity contribution in [2.75, 3.05) is 25.1 Å². The van der Waals surface area contributed by atoms with Crippen LogP contribution in [0, 0.1) is 5.92 Å². The minimum atomic E-state index is -0.115. The number of hydrogen-bond donors (Lipinski definition) is 0. The summed E-state index contributed by atoms with van der Waals surface area (Å²) in [6, 6.07) is 3.88. The van der Waals surface area contributed by atoms with Crippen molar-refractivity contribution in [1.82, 2.24) is 4.98 Å². The SMILES string of the molecule is COC(=O)C1CN(c2ccncc2)C1. The van der Waals surface area contributed by atoms with Gasteiger partial charge in [-0.15, -0.1) is 0 Å². The van der Waals surface area contributed by atoms with Crippen LogP contribution in [-0.4, -0.2) is 31.2 Å². The Balaban J connectivity index is 1.92. The second-order valence-corrected chi connectivity index (χ2v) is 3.33. The molecular formula is C10H12N2O2. The van der Waals surface area contributed by atoms with Crippen LogP contribution in [-0.2, 0) is 9.53 Å². The Hall–Kier alpha value is -1.58. The van der Waals surface area contributed by atoms with E-state index in [-0.39, 0.29) is 11.9 Å². The fourth-order valence-corrected chi connectivity index (χ4v) is 1.56. The van der Waals surface area contributed by atoms with E-state index < -0.39 is 0 Å². The van der Waals surface area contributed by atoms with Gasteiger partial charge >= 0.3 is 5.97 Å². The summed E-state index contributed by atoms with van der Waals surface area (Å²) in [6.07, 6.45) is 3.50. The molecule has 1 aromatic rings. The van der Waals surface area contributed by atoms with Crippen molar-refractivity contribution in [3.8, 4) is 0 Å². The van der Waals surface area contributed by atoms with Crippen LogP contribution < -0.4 is 4.90 Å². The van der Waals surface area contributed by atoms with Crippen molar-refractivity contribution in [2.45, 2.75) is 0 Å². The van der Waals surface area contributed by atoms with E-state index in [2.05, 4.69) is 14.6 Å². The van der Waals surface area contributed by atoms with Crippen molar-refractivity contribution in [1.29, 1.82) is 0 Å². The number of anilines is 1. The second-order valence-electron chi connectivity index (χ2n) is 3.33. The average molecular weight is 192 g/mol. The highest BCUT2D eigenvalue weighted by atomic mass is 16.5. The maximum absolute atomic E-state index is 11.1. The number of pyridine rings is 1. The standard InChI is InChI=1S/C10H12N2O2/c1-14-10(13)8-6-12(7-8)9-2-4-11-5-3-9/h2-5,8H,6-7H2,1H3. The van der Waals surface area contributed by atoms with Gasteiger partial charge in [0.25, 0.3) is 0 Å². The quantitative estimate of drug-likeness (QED) is 0.646. The van der Waals surface area contributed by atoms with Crippen LogP contribution in [0.5, 0.6) is 0 Å². The maximum atomic E-state index is 11.1. The lowest BCUT2D eigenvalue weighted by molar-refractivity contribution is -0.146. The third kappa shape index (κ3) is 1.55. The molecule has 4 heteroatoms. The zero-order chi connectivity index (χ0) is 9.97. The molecule has 1 aliphatic heterocycles. The first-order valence-electron chi connectivity index (χ1n) is 4.54. The number of carbonyl (C=O) groups excluding carboxylic acids is 1. The minimum absolute atomic E-state index is 0.0353. The Bertz CT molecular complexity index is 320. The van der Waals surface area contributed by atoms with Gasteiger partial charge in [-0.2, -0.15) is 0 Å². The number of hydrogen-bond acceptors (Lipinski definition) is 4. The van der Waals surface area contributed by atoms with Crippen LogP contribution in [0.15, 0.2) is 24.5 Å². The van der Waals surface area contributed by atoms with E-state index in [1.54, 1.807) is 12.4 Å². The first-order valence-corrected chi connectivity index (χ1v) is 4.54. The molecule has 0 aromatic carbocycles. The normalized spacial score (nSPS) is 16.2. The van der Waals surface area contributed by atoms with Crippen LogP contribution in [0.2, 0.25) is 0 Å². The lowest BCUT2D eigenvalue weighted by atomic mass is 10.00. The van der Waals surface area contributed by atoms with E-state index in [1.807, 2.05) is 12.1 Å². The summed E-state index contributed by atoms with van der Waals surface area (Å²) in [4.78, 5) is 17.2. The van der Waals surface area contributed by atoms with Crippen molar-refractivity contribution < 1.29 is 9.53 Å². The largest absolute Gasteiger partial charge is 0.469 e. The predicted octanol–water partition coefficient (Wildman–Crippen LogP) is 0.691. The Kier molecular flexibility index (Phi) is 2.35. The molecule has 1 fully saturated rings. The summed E-state index contributed by atoms with van der Waals surface area (Å²) in [7, 11) is 1.43. The van der Waals surface area contributed by atoms with E-state index in [1.165, 1.54) is 7.11 Å². The Morgan fingerprint density at radius 3 is 2.71 bits per heavy atom. The lowest BCUT2D eigenvalue weighted by Crippen LogP contribution is -2.50. The van der Waals surface area contributed by atoms with Gasteiger partial charge in [0.05, 0.1) is 13.0 Å². The summed E-state index contributed by atoms with van der Waals surface area (Å²) < 4.78 is 4.66. The summed E-state index contributed by atoms with van der Waals surface area (Å²) in [5, 5.41) is 0. The molecule has 0 spiro atoms. The molecular weight excluding hydrogens is 180 g/mol. The molecule has 0 aliphatic carbocycles. The molecule has 1 aliphatic rings. The van der Waals surface area contributed by atoms with Crippen molar-refractivity contribution >= 4 is 11.7 Å². The molecule has 1 saturated heterocycles. The first-order chi connectivity index (χ1) is 6.81. The Morgan fingerprint density at radius 2 is 2.14 bits per heavy atom. The van der Waals surface area contributed by atoms with Crippen LogP contribution >= 0.6 is 0 Å². The van der Waals surface area contributed by atoms with Gasteiger partial charge in [0.2, 0.25) is 0 Å². The molecule has 0 bridgehead atoms. The monoisotopic (exact) mass is 192 g/mol. The highest BCUT2D eigenvalue weighted by Crippen LogP contribution is 2.24. The van der Waals surface area contributed by atoms with E-state index in [4.69, 9.17) is 0 Å². The minimum Gasteiger partial charge on any atom is -0.469 e. The van der Waals surface area contributed by atoms with Gasteiger partial charge in [-0.1, -0.05) is 0 Å². The number of carbonyl (C=O) groups is 1. The number of rotatable bonds is 2. The van der Waals surface area contributed by atoms with Crippen molar-refractivity contribution in [2.24, 2.45) is 5.92 Å². The van der Waals surface area contributed by atoms with Crippen LogP contribution in [0.25, 0.3) is 0 Å². The number of nitrogens with zero attached hydrogens (tertiary/aromatic N) is 2. The van der Waals surface area contributed by atoms with Gasteiger partial charge in [-0.25, -0.2) is 0 Å². The van der Waals surface area contributed by atoms with Gasteiger partial charge in [-0.05, 0) is 12.1 Å². The third-order valence-electron chi connectivity index (χ3n) is 2.44. The summed E-state index contributed by atoms with van der Waals surface area (Å²) >= 11 is 0. The van der Waals surface area contributed by atoms with E-state index in [9.17, 15) is 4.79 Å². The Labute approximate surface area is 82.5 Å². The third-order valence-corrected chi connectivity index (χ3v) is 2.44. The smallest absolute Gasteiger partial charge is 0.312 e. The molecule has 0 radical (unpaired) electrons. The zero-order valence-electron chi connectivity index (χ0n) is 8.01. The van der Waals surface area contributed by atoms with E-state index in [0.29, 0.717) is 0 Å². The number of ether oxygens (including phenoxy) is 1. The maximum Gasteiger partial charge on any atom is 0.312 e. The molecule has 0 N–H and O–H groups in total. The van der Waals surface area contributed by atoms with Gasteiger partial charge in [0.15, 0.2) is 0 Å². The highest BCUT2D eigenvalue weighted by Gasteiger charge is 2.33. The molecule has 0 unspecified atom stereocenters. The Morgan fingerprint density at radius 1 is 1.50 bits per heavy atom. The molecule has 4 nitrogen and oxygen atoms in total. The molecule has 0 atom stereocenters. The second kappa shape index (κ2) is 3.65. The molecule has 14 heavy (non-hydrogen) atoms. The average Bonchev–Trinajstić information content (AvgIpc) is 2.17. The highest BCUT2D eigenvalue weighted by molar-refractivity contribution is 5.76. The van der Waals surface area contributed by atoms with Crippen LogP contribution in [0.4, 0.5) is 5.69 Å². The molecule has 2 rings (SSSR count). The summed E-state index contributed by atoms with van der Waals surface area (Å²) in [6.45, 7) is 1.49. The lowest BCUT2D eigenvalue weighted by Gasteiger charge is -2.39. The van der Waals surface area contributed by atoms with Gasteiger partial charge in [-0.3, -0.25) is 9.78 Å². The first kappa shape index (κ1) is 8.99. The van der Waals surface area contributed by atoms with E-state index in [0.717, 1.165) is 18.8 Å². The molecule has 1 aromatic heterocycles. The predicted molar refractivity (Wildman–Crippen MR) is 52.0 cm³/mol. The van der Waals surface area contributed by atoms with Crippen molar-refractivity contribution in [3.05, 3.63) is 24.5 Å². The van der Waals surface area contributed by atoms with Crippen molar-refractivity contribution in [3.63, 3.8) is 0 Å². The molecule has 2 heterocycles. The summed E-state index contributed by atoms with van der Waals surface area (Å²) in [5.41, 5.74) is 1.11. The van der Waals surface area contributed by atoms with Crippen LogP contribution in [0.3, 0.4) is 0 Å². The number of esters is 1. The van der Waals surface area contributed by atoms with Gasteiger partial charge in [0.1, 0.15) is 0 Å². The van der Waals surface area contributed by atoms with Gasteiger partial charge in [0, 0.05) is 31.2 Å². The number of aromatic nitrogens is 1.